The average molecular weight is 377 g/mol. The van der Waals surface area contributed by atoms with Crippen molar-refractivity contribution in [2.24, 2.45) is 0 Å². The van der Waals surface area contributed by atoms with E-state index in [1.165, 1.54) is 38.9 Å². The smallest absolute Gasteiger partial charge is 0.0780 e. The van der Waals surface area contributed by atoms with Crippen LogP contribution in [0.4, 0.5) is 5.69 Å². The molecule has 0 bridgehead atoms. The van der Waals surface area contributed by atoms with Gasteiger partial charge in [0.1, 0.15) is 0 Å². The molecule has 0 N–H and O–H groups in total. The molecule has 1 aliphatic heterocycles. The fourth-order valence-electron chi connectivity index (χ4n) is 4.43. The van der Waals surface area contributed by atoms with Crippen molar-refractivity contribution in [1.29, 1.82) is 0 Å². The first-order valence-corrected chi connectivity index (χ1v) is 10.4. The largest absolute Gasteiger partial charge is 0.368 e. The Bertz CT molecular complexity index is 1150. The maximum absolute atomic E-state index is 4.68. The third kappa shape index (κ3) is 3.26. The Morgan fingerprint density at radius 2 is 1.52 bits per heavy atom. The van der Waals surface area contributed by atoms with E-state index in [4.69, 9.17) is 0 Å². The summed E-state index contributed by atoms with van der Waals surface area (Å²) >= 11 is 0. The number of hydrogen-bond donors (Lipinski definition) is 0. The highest BCUT2D eigenvalue weighted by Gasteiger charge is 2.23. The van der Waals surface area contributed by atoms with Crippen LogP contribution in [0.5, 0.6) is 0 Å². The highest BCUT2D eigenvalue weighted by atomic mass is 15.3. The number of aromatic nitrogens is 1. The summed E-state index contributed by atoms with van der Waals surface area (Å²) in [5.41, 5.74) is 9.22. The van der Waals surface area contributed by atoms with Crippen molar-refractivity contribution >= 4 is 27.7 Å². The molecule has 3 nitrogen and oxygen atoms in total. The third-order valence-electron chi connectivity index (χ3n) is 6.16. The number of fused-ring (bicyclic) bond motifs is 1. The maximum Gasteiger partial charge on any atom is 0.0780 e. The van der Waals surface area contributed by atoms with Gasteiger partial charge >= 0.3 is 0 Å². The highest BCUT2D eigenvalue weighted by Crippen LogP contribution is 2.37. The first kappa shape index (κ1) is 17.0. The van der Waals surface area contributed by atoms with Gasteiger partial charge < -0.3 is 4.90 Å². The second kappa shape index (κ2) is 6.85. The Morgan fingerprint density at radius 1 is 0.759 bits per heavy atom. The molecular formula is C26H23N3. The lowest BCUT2D eigenvalue weighted by Gasteiger charge is -2.37. The van der Waals surface area contributed by atoms with E-state index in [9.17, 15) is 0 Å². The van der Waals surface area contributed by atoms with Gasteiger partial charge in [-0.1, -0.05) is 48.6 Å². The molecule has 2 aromatic carbocycles. The Morgan fingerprint density at radius 3 is 2.31 bits per heavy atom. The average Bonchev–Trinajstić information content (AvgIpc) is 3.68. The lowest BCUT2D eigenvalue weighted by Crippen LogP contribution is -2.46. The lowest BCUT2D eigenvalue weighted by atomic mass is 10.0. The molecule has 0 spiro atoms. The number of allylic oxidation sites excluding steroid dienone is 4. The molecule has 2 heterocycles. The molecule has 3 heteroatoms. The fourth-order valence-corrected chi connectivity index (χ4v) is 4.43. The van der Waals surface area contributed by atoms with Crippen molar-refractivity contribution in [2.45, 2.75) is 6.54 Å². The number of para-hydroxylation sites is 1. The van der Waals surface area contributed by atoms with Gasteiger partial charge in [0.25, 0.3) is 0 Å². The predicted molar refractivity (Wildman–Crippen MR) is 120 cm³/mol. The quantitative estimate of drug-likeness (QED) is 0.639. The van der Waals surface area contributed by atoms with Gasteiger partial charge in [0, 0.05) is 74.0 Å². The van der Waals surface area contributed by atoms with E-state index < -0.39 is 0 Å². The van der Waals surface area contributed by atoms with Crippen molar-refractivity contribution in [3.8, 4) is 0 Å². The Balaban J connectivity index is 1.20. The summed E-state index contributed by atoms with van der Waals surface area (Å²) < 4.78 is 0. The molecule has 1 saturated heterocycles. The van der Waals surface area contributed by atoms with Crippen LogP contribution in [0.15, 0.2) is 66.9 Å². The van der Waals surface area contributed by atoms with E-state index in [0.29, 0.717) is 0 Å². The van der Waals surface area contributed by atoms with Crippen LogP contribution in [0.1, 0.15) is 16.7 Å². The predicted octanol–water partition coefficient (Wildman–Crippen LogP) is 4.76. The first-order valence-electron chi connectivity index (χ1n) is 10.4. The molecule has 0 amide bonds. The van der Waals surface area contributed by atoms with Crippen molar-refractivity contribution in [2.75, 3.05) is 31.1 Å². The number of hydrogen-bond acceptors (Lipinski definition) is 3. The standard InChI is InChI=1S/C26H23N3/c1-2-6-25(22(4-1)19-7-8-19)29-16-14-28(15-17-29)18-21-11-12-24(20-9-10-20)26-23(21)5-3-13-27-26/h1-13H,14-18H2. The minimum absolute atomic E-state index is 0.986. The zero-order valence-electron chi connectivity index (χ0n) is 16.4. The van der Waals surface area contributed by atoms with E-state index in [1.54, 1.807) is 0 Å². The molecule has 3 aromatic rings. The fraction of sp³-hybridized carbons (Fsp3) is 0.192. The summed E-state index contributed by atoms with van der Waals surface area (Å²) in [7, 11) is 0. The Labute approximate surface area is 172 Å². The number of benzene rings is 2. The van der Waals surface area contributed by atoms with Gasteiger partial charge in [-0.15, -0.1) is 0 Å². The van der Waals surface area contributed by atoms with Crippen LogP contribution in [-0.2, 0) is 6.54 Å². The van der Waals surface area contributed by atoms with E-state index in [0.717, 1.165) is 38.2 Å². The van der Waals surface area contributed by atoms with Crippen LogP contribution in [0.25, 0.3) is 22.0 Å². The maximum atomic E-state index is 4.68. The highest BCUT2D eigenvalue weighted by molar-refractivity contribution is 6.00. The number of pyridine rings is 1. The Kier molecular flexibility index (Phi) is 4.02. The summed E-state index contributed by atoms with van der Waals surface area (Å²) in [5.74, 6) is 0. The molecular weight excluding hydrogens is 354 g/mol. The van der Waals surface area contributed by atoms with Crippen LogP contribution >= 0.6 is 0 Å². The van der Waals surface area contributed by atoms with Crippen molar-refractivity contribution in [1.82, 2.24) is 9.88 Å². The van der Waals surface area contributed by atoms with Gasteiger partial charge in [-0.05, 0) is 28.8 Å². The number of rotatable bonds is 5. The number of nitrogens with zero attached hydrogens (tertiary/aromatic N) is 3. The van der Waals surface area contributed by atoms with Gasteiger partial charge in [0.05, 0.1) is 5.52 Å². The van der Waals surface area contributed by atoms with Gasteiger partial charge in [0.15, 0.2) is 0 Å². The molecule has 0 atom stereocenters. The second-order valence-electron chi connectivity index (χ2n) is 8.03. The van der Waals surface area contributed by atoms with E-state index in [-0.39, 0.29) is 0 Å². The van der Waals surface area contributed by atoms with Crippen LogP contribution in [0.3, 0.4) is 0 Å². The van der Waals surface area contributed by atoms with Crippen LogP contribution in [0.2, 0.25) is 0 Å². The van der Waals surface area contributed by atoms with Gasteiger partial charge in [-0.3, -0.25) is 9.88 Å². The molecule has 29 heavy (non-hydrogen) atoms. The van der Waals surface area contributed by atoms with E-state index in [2.05, 4.69) is 88.3 Å². The minimum Gasteiger partial charge on any atom is -0.368 e. The number of piperazine rings is 1. The minimum atomic E-state index is 0.986. The molecule has 2 radical (unpaired) electrons. The molecule has 1 fully saturated rings. The van der Waals surface area contributed by atoms with E-state index in [1.807, 2.05) is 6.20 Å². The lowest BCUT2D eigenvalue weighted by molar-refractivity contribution is 0.250. The summed E-state index contributed by atoms with van der Waals surface area (Å²) in [6.07, 6.45) is 10.6. The zero-order chi connectivity index (χ0) is 19.2. The normalized spacial score (nSPS) is 18.6. The van der Waals surface area contributed by atoms with Crippen molar-refractivity contribution in [3.63, 3.8) is 0 Å². The SMILES string of the molecule is [CH]1C=C1c1ccccc1N1CCN(Cc2ccc(C3=C[CH]3)c3ncccc23)CC1. The molecule has 142 valence electrons. The molecule has 2 aliphatic carbocycles. The van der Waals surface area contributed by atoms with Crippen molar-refractivity contribution in [3.05, 3.63) is 96.4 Å². The van der Waals surface area contributed by atoms with Crippen LogP contribution in [-0.4, -0.2) is 36.1 Å². The first-order chi connectivity index (χ1) is 14.4. The number of anilines is 1. The summed E-state index contributed by atoms with van der Waals surface area (Å²) in [6, 6.07) is 17.6. The molecule has 3 aliphatic rings. The molecule has 0 saturated carbocycles. The van der Waals surface area contributed by atoms with Gasteiger partial charge in [-0.25, -0.2) is 0 Å². The summed E-state index contributed by atoms with van der Waals surface area (Å²) in [4.78, 5) is 9.80. The second-order valence-corrected chi connectivity index (χ2v) is 8.03. The molecule has 0 unspecified atom stereocenters. The van der Waals surface area contributed by atoms with Gasteiger partial charge in [-0.2, -0.15) is 0 Å². The summed E-state index contributed by atoms with van der Waals surface area (Å²) in [6.45, 7) is 5.29. The molecule has 6 rings (SSSR count). The Hall–Kier alpha value is -2.91. The topological polar surface area (TPSA) is 19.4 Å². The molecule has 1 aromatic heterocycles. The summed E-state index contributed by atoms with van der Waals surface area (Å²) in [5, 5.41) is 1.29. The third-order valence-corrected chi connectivity index (χ3v) is 6.16. The van der Waals surface area contributed by atoms with Gasteiger partial charge in [0.2, 0.25) is 0 Å². The van der Waals surface area contributed by atoms with E-state index >= 15 is 0 Å². The zero-order valence-corrected chi connectivity index (χ0v) is 16.4. The monoisotopic (exact) mass is 377 g/mol. The van der Waals surface area contributed by atoms with Crippen LogP contribution < -0.4 is 4.90 Å². The van der Waals surface area contributed by atoms with Crippen LogP contribution in [0, 0.1) is 12.8 Å². The van der Waals surface area contributed by atoms with Crippen molar-refractivity contribution < 1.29 is 0 Å².